The third kappa shape index (κ3) is 2.18. The van der Waals surface area contributed by atoms with Gasteiger partial charge in [0.15, 0.2) is 0 Å². The molecule has 0 amide bonds. The van der Waals surface area contributed by atoms with Crippen molar-refractivity contribution in [1.82, 2.24) is 5.32 Å². The van der Waals surface area contributed by atoms with E-state index in [0.29, 0.717) is 23.8 Å². The van der Waals surface area contributed by atoms with E-state index in [1.165, 1.54) is 6.07 Å². The highest BCUT2D eigenvalue weighted by Crippen LogP contribution is 2.37. The summed E-state index contributed by atoms with van der Waals surface area (Å²) in [6.45, 7) is 6.51. The fraction of sp³-hybridized carbons (Fsp3) is 0.357. The van der Waals surface area contributed by atoms with Crippen molar-refractivity contribution in [2.24, 2.45) is 5.92 Å². The van der Waals surface area contributed by atoms with Crippen LogP contribution >= 0.6 is 12.2 Å². The molecule has 0 saturated carbocycles. The lowest BCUT2D eigenvalue weighted by molar-refractivity contribution is 0.172. The molecule has 1 aliphatic heterocycles. The molecule has 1 aromatic rings. The average Bonchev–Trinajstić information content (AvgIpc) is 2.72. The molecule has 1 N–H and O–H groups in total. The number of thiocarbonyl (C=S) groups is 1. The summed E-state index contributed by atoms with van der Waals surface area (Å²) in [6, 6.07) is 6.72. The van der Waals surface area contributed by atoms with Crippen molar-refractivity contribution in [3.8, 4) is 0 Å². The normalized spacial score (nSPS) is 26.9. The highest BCUT2D eigenvalue weighted by Gasteiger charge is 2.45. The van der Waals surface area contributed by atoms with Gasteiger partial charge < -0.3 is 10.1 Å². The van der Waals surface area contributed by atoms with Gasteiger partial charge in [0, 0.05) is 11.5 Å². The maximum Gasteiger partial charge on any atom is 0.128 e. The summed E-state index contributed by atoms with van der Waals surface area (Å²) < 4.78 is 19.6. The Bertz CT molecular complexity index is 477. The Morgan fingerprint density at radius 2 is 2.33 bits per heavy atom. The molecule has 0 aromatic heterocycles. The Balaban J connectivity index is 2.52. The van der Waals surface area contributed by atoms with Gasteiger partial charge >= 0.3 is 0 Å². The molecule has 96 valence electrons. The van der Waals surface area contributed by atoms with E-state index in [0.717, 1.165) is 0 Å². The van der Waals surface area contributed by atoms with E-state index in [2.05, 4.69) is 11.9 Å². The SMILES string of the molecule is C=C[C@H]1COC[C@]1(NC(C)=S)c1ccccc1F. The molecule has 1 heterocycles. The van der Waals surface area contributed by atoms with E-state index in [9.17, 15) is 4.39 Å². The average molecular weight is 265 g/mol. The van der Waals surface area contributed by atoms with Crippen LogP contribution in [0.15, 0.2) is 36.9 Å². The number of hydrogen-bond donors (Lipinski definition) is 1. The molecular formula is C14H16FNOS. The number of hydrogen-bond acceptors (Lipinski definition) is 2. The van der Waals surface area contributed by atoms with Crippen LogP contribution in [0, 0.1) is 11.7 Å². The van der Waals surface area contributed by atoms with Crippen molar-refractivity contribution < 1.29 is 9.13 Å². The van der Waals surface area contributed by atoms with Gasteiger partial charge in [-0.15, -0.1) is 6.58 Å². The molecule has 4 heteroatoms. The summed E-state index contributed by atoms with van der Waals surface area (Å²) >= 11 is 5.12. The van der Waals surface area contributed by atoms with Gasteiger partial charge in [-0.2, -0.15) is 0 Å². The van der Waals surface area contributed by atoms with Gasteiger partial charge in [0.05, 0.1) is 23.7 Å². The maximum absolute atomic E-state index is 14.1. The van der Waals surface area contributed by atoms with Crippen LogP contribution in [0.3, 0.4) is 0 Å². The molecule has 2 rings (SSSR count). The van der Waals surface area contributed by atoms with E-state index in [4.69, 9.17) is 17.0 Å². The number of nitrogens with one attached hydrogen (secondary N) is 1. The van der Waals surface area contributed by atoms with E-state index in [1.54, 1.807) is 25.1 Å². The monoisotopic (exact) mass is 265 g/mol. The minimum Gasteiger partial charge on any atom is -0.378 e. The Morgan fingerprint density at radius 3 is 2.94 bits per heavy atom. The van der Waals surface area contributed by atoms with Crippen LogP contribution in [-0.4, -0.2) is 18.2 Å². The lowest BCUT2D eigenvalue weighted by atomic mass is 9.80. The van der Waals surface area contributed by atoms with Crippen LogP contribution < -0.4 is 5.32 Å². The van der Waals surface area contributed by atoms with Crippen LogP contribution in [0.2, 0.25) is 0 Å². The summed E-state index contributed by atoms with van der Waals surface area (Å²) in [4.78, 5) is 0.621. The summed E-state index contributed by atoms with van der Waals surface area (Å²) in [7, 11) is 0. The summed E-state index contributed by atoms with van der Waals surface area (Å²) in [6.07, 6.45) is 1.80. The Morgan fingerprint density at radius 1 is 1.61 bits per heavy atom. The van der Waals surface area contributed by atoms with Gasteiger partial charge in [-0.25, -0.2) is 4.39 Å². The zero-order chi connectivity index (χ0) is 13.2. The lowest BCUT2D eigenvalue weighted by Gasteiger charge is -2.34. The predicted octanol–water partition coefficient (Wildman–Crippen LogP) is 2.79. The van der Waals surface area contributed by atoms with Crippen molar-refractivity contribution in [2.45, 2.75) is 12.5 Å². The molecule has 0 spiro atoms. The van der Waals surface area contributed by atoms with Gasteiger partial charge in [0.1, 0.15) is 5.82 Å². The van der Waals surface area contributed by atoms with Gasteiger partial charge in [-0.3, -0.25) is 0 Å². The maximum atomic E-state index is 14.1. The molecule has 2 atom stereocenters. The van der Waals surface area contributed by atoms with Crippen LogP contribution in [0.1, 0.15) is 12.5 Å². The molecule has 0 unspecified atom stereocenters. The molecule has 2 nitrogen and oxygen atoms in total. The summed E-state index contributed by atoms with van der Waals surface area (Å²) in [5, 5.41) is 3.21. The topological polar surface area (TPSA) is 21.3 Å². The second kappa shape index (κ2) is 5.16. The van der Waals surface area contributed by atoms with E-state index in [-0.39, 0.29) is 11.7 Å². The third-order valence-corrected chi connectivity index (χ3v) is 3.40. The van der Waals surface area contributed by atoms with Crippen LogP contribution in [0.4, 0.5) is 4.39 Å². The molecule has 1 aromatic carbocycles. The fourth-order valence-electron chi connectivity index (χ4n) is 2.48. The second-order valence-corrected chi connectivity index (χ2v) is 5.10. The molecule has 0 bridgehead atoms. The van der Waals surface area contributed by atoms with Crippen molar-refractivity contribution in [2.75, 3.05) is 13.2 Å². The van der Waals surface area contributed by atoms with Crippen LogP contribution in [0.5, 0.6) is 0 Å². The summed E-state index contributed by atoms with van der Waals surface area (Å²) in [5.41, 5.74) is -0.0598. The van der Waals surface area contributed by atoms with Crippen molar-refractivity contribution in [3.05, 3.63) is 48.3 Å². The highest BCUT2D eigenvalue weighted by molar-refractivity contribution is 7.80. The quantitative estimate of drug-likeness (QED) is 0.671. The zero-order valence-electron chi connectivity index (χ0n) is 10.3. The minimum atomic E-state index is -0.640. The molecule has 0 radical (unpaired) electrons. The number of ether oxygens (including phenoxy) is 1. The lowest BCUT2D eigenvalue weighted by Crippen LogP contribution is -2.50. The number of rotatable bonds is 3. The zero-order valence-corrected chi connectivity index (χ0v) is 11.1. The van der Waals surface area contributed by atoms with Gasteiger partial charge in [0.2, 0.25) is 0 Å². The molecule has 1 fully saturated rings. The van der Waals surface area contributed by atoms with E-state index < -0.39 is 5.54 Å². The van der Waals surface area contributed by atoms with Crippen molar-refractivity contribution in [1.29, 1.82) is 0 Å². The van der Waals surface area contributed by atoms with Gasteiger partial charge in [-0.1, -0.05) is 36.5 Å². The van der Waals surface area contributed by atoms with E-state index in [1.807, 2.05) is 6.07 Å². The number of benzene rings is 1. The first kappa shape index (κ1) is 13.2. The van der Waals surface area contributed by atoms with Crippen LogP contribution in [-0.2, 0) is 10.3 Å². The van der Waals surface area contributed by atoms with Gasteiger partial charge in [-0.05, 0) is 13.0 Å². The first-order chi connectivity index (χ1) is 8.60. The van der Waals surface area contributed by atoms with Gasteiger partial charge in [0.25, 0.3) is 0 Å². The molecule has 1 aliphatic rings. The Hall–Kier alpha value is -1.26. The molecule has 1 saturated heterocycles. The Kier molecular flexibility index (Phi) is 3.78. The van der Waals surface area contributed by atoms with E-state index >= 15 is 0 Å². The second-order valence-electron chi connectivity index (χ2n) is 4.49. The predicted molar refractivity (Wildman–Crippen MR) is 74.0 cm³/mol. The molecule has 18 heavy (non-hydrogen) atoms. The third-order valence-electron chi connectivity index (χ3n) is 3.30. The van der Waals surface area contributed by atoms with Crippen molar-refractivity contribution >= 4 is 17.2 Å². The first-order valence-electron chi connectivity index (χ1n) is 5.84. The van der Waals surface area contributed by atoms with Crippen molar-refractivity contribution in [3.63, 3.8) is 0 Å². The largest absolute Gasteiger partial charge is 0.378 e. The fourth-order valence-corrected chi connectivity index (χ4v) is 2.66. The standard InChI is InChI=1S/C14H16FNOS/c1-3-11-8-17-9-14(11,16-10(2)18)12-6-4-5-7-13(12)15/h3-7,11H,1,8-9H2,2H3,(H,16,18)/t11-,14+/m0/s1. The summed E-state index contributed by atoms with van der Waals surface area (Å²) in [5.74, 6) is -0.258. The smallest absolute Gasteiger partial charge is 0.128 e. The Labute approximate surface area is 112 Å². The first-order valence-corrected chi connectivity index (χ1v) is 6.25. The highest BCUT2D eigenvalue weighted by atomic mass is 32.1. The van der Waals surface area contributed by atoms with Crippen LogP contribution in [0.25, 0.3) is 0 Å². The minimum absolute atomic E-state index is 0.00713. The molecule has 0 aliphatic carbocycles. The number of halogens is 1. The molecular weight excluding hydrogens is 249 g/mol.